The van der Waals surface area contributed by atoms with E-state index in [2.05, 4.69) is 20.4 Å². The maximum absolute atomic E-state index is 12.1. The Labute approximate surface area is 164 Å². The van der Waals surface area contributed by atoms with Gasteiger partial charge in [0.2, 0.25) is 5.95 Å². The molecule has 9 heteroatoms. The van der Waals surface area contributed by atoms with E-state index in [1.165, 1.54) is 12.8 Å². The first-order chi connectivity index (χ1) is 13.4. The van der Waals surface area contributed by atoms with Gasteiger partial charge in [0.05, 0.1) is 0 Å². The molecule has 152 valence electrons. The number of amides is 1. The number of aryl methyl sites for hydroxylation is 2. The lowest BCUT2D eigenvalue weighted by Gasteiger charge is -2.16. The molecule has 9 nitrogen and oxygen atoms in total. The monoisotopic (exact) mass is 388 g/mol. The van der Waals surface area contributed by atoms with Crippen LogP contribution in [0.2, 0.25) is 0 Å². The number of ether oxygens (including phenoxy) is 1. The SMILES string of the molecule is Cc1nc2nc(N)nn2c(C)c1CCC(=O)OCC(=O)NC1CCCCCC1. The van der Waals surface area contributed by atoms with Gasteiger partial charge in [-0.3, -0.25) is 9.59 Å². The molecule has 0 saturated heterocycles. The number of rotatable bonds is 6. The summed E-state index contributed by atoms with van der Waals surface area (Å²) in [6, 6.07) is 0.201. The fraction of sp³-hybridized carbons (Fsp3) is 0.632. The number of carbonyl (C=O) groups is 2. The smallest absolute Gasteiger partial charge is 0.306 e. The van der Waals surface area contributed by atoms with Crippen molar-refractivity contribution in [3.63, 3.8) is 0 Å². The minimum atomic E-state index is -0.409. The molecule has 1 aliphatic carbocycles. The number of carbonyl (C=O) groups excluding carboxylic acids is 2. The molecule has 1 aliphatic rings. The second-order valence-electron chi connectivity index (χ2n) is 7.36. The number of fused-ring (bicyclic) bond motifs is 1. The highest BCUT2D eigenvalue weighted by Gasteiger charge is 2.17. The molecule has 3 N–H and O–H groups in total. The maximum Gasteiger partial charge on any atom is 0.306 e. The summed E-state index contributed by atoms with van der Waals surface area (Å²) >= 11 is 0. The molecule has 0 spiro atoms. The minimum Gasteiger partial charge on any atom is -0.456 e. The van der Waals surface area contributed by atoms with Gasteiger partial charge in [-0.15, -0.1) is 5.10 Å². The number of nitrogens with zero attached hydrogens (tertiary/aromatic N) is 4. The molecule has 3 rings (SSSR count). The summed E-state index contributed by atoms with van der Waals surface area (Å²) in [5.74, 6) is -0.0398. The Morgan fingerprint density at radius 3 is 2.61 bits per heavy atom. The van der Waals surface area contributed by atoms with Crippen LogP contribution in [0.1, 0.15) is 61.9 Å². The number of esters is 1. The predicted molar refractivity (Wildman–Crippen MR) is 104 cm³/mol. The van der Waals surface area contributed by atoms with Crippen LogP contribution >= 0.6 is 0 Å². The third kappa shape index (κ3) is 4.96. The lowest BCUT2D eigenvalue weighted by Crippen LogP contribution is -2.37. The normalized spacial score (nSPS) is 15.4. The van der Waals surface area contributed by atoms with Crippen molar-refractivity contribution in [1.82, 2.24) is 24.9 Å². The van der Waals surface area contributed by atoms with E-state index < -0.39 is 5.97 Å². The number of hydrogen-bond acceptors (Lipinski definition) is 7. The van der Waals surface area contributed by atoms with E-state index in [1.54, 1.807) is 4.52 Å². The van der Waals surface area contributed by atoms with Gasteiger partial charge in [-0.1, -0.05) is 25.7 Å². The molecule has 0 radical (unpaired) electrons. The summed E-state index contributed by atoms with van der Waals surface area (Å²) in [7, 11) is 0. The molecule has 0 unspecified atom stereocenters. The summed E-state index contributed by atoms with van der Waals surface area (Å²) in [4.78, 5) is 32.5. The van der Waals surface area contributed by atoms with Gasteiger partial charge in [-0.25, -0.2) is 4.98 Å². The van der Waals surface area contributed by atoms with Crippen molar-refractivity contribution in [1.29, 1.82) is 0 Å². The standard InChI is InChI=1S/C19H28N6O3/c1-12-15(13(2)25-19(21-12)23-18(20)24-25)9-10-17(27)28-11-16(26)22-14-7-5-3-4-6-8-14/h14H,3-11H2,1-2H3,(H2,20,24)(H,22,26). The number of hydrogen-bond donors (Lipinski definition) is 2. The van der Waals surface area contributed by atoms with Crippen molar-refractivity contribution in [3.05, 3.63) is 17.0 Å². The van der Waals surface area contributed by atoms with E-state index in [9.17, 15) is 9.59 Å². The average molecular weight is 388 g/mol. The van der Waals surface area contributed by atoms with Gasteiger partial charge in [-0.2, -0.15) is 9.50 Å². The summed E-state index contributed by atoms with van der Waals surface area (Å²) in [5.41, 5.74) is 8.14. The highest BCUT2D eigenvalue weighted by molar-refractivity contribution is 5.80. The van der Waals surface area contributed by atoms with Crippen molar-refractivity contribution >= 4 is 23.6 Å². The van der Waals surface area contributed by atoms with E-state index in [1.807, 2.05) is 13.8 Å². The largest absolute Gasteiger partial charge is 0.456 e. The highest BCUT2D eigenvalue weighted by atomic mass is 16.5. The van der Waals surface area contributed by atoms with Crippen LogP contribution in [0.25, 0.3) is 5.78 Å². The Morgan fingerprint density at radius 2 is 1.89 bits per heavy atom. The zero-order valence-electron chi connectivity index (χ0n) is 16.5. The van der Waals surface area contributed by atoms with E-state index in [0.29, 0.717) is 12.2 Å². The van der Waals surface area contributed by atoms with Gasteiger partial charge in [0, 0.05) is 23.9 Å². The van der Waals surface area contributed by atoms with Crippen LogP contribution < -0.4 is 11.1 Å². The number of nitrogen functional groups attached to an aromatic ring is 1. The average Bonchev–Trinajstić information content (AvgIpc) is 2.85. The van der Waals surface area contributed by atoms with Gasteiger partial charge in [0.15, 0.2) is 6.61 Å². The Hall–Kier alpha value is -2.71. The lowest BCUT2D eigenvalue weighted by atomic mass is 10.1. The first kappa shape index (κ1) is 20.0. The van der Waals surface area contributed by atoms with Crippen LogP contribution in [0.4, 0.5) is 5.95 Å². The Balaban J connectivity index is 1.49. The van der Waals surface area contributed by atoms with Crippen LogP contribution in [0.5, 0.6) is 0 Å². The summed E-state index contributed by atoms with van der Waals surface area (Å²) in [6.45, 7) is 3.51. The van der Waals surface area contributed by atoms with Crippen molar-refractivity contribution in [2.75, 3.05) is 12.3 Å². The highest BCUT2D eigenvalue weighted by Crippen LogP contribution is 2.18. The van der Waals surface area contributed by atoms with Gasteiger partial charge >= 0.3 is 5.97 Å². The molecule has 0 aliphatic heterocycles. The van der Waals surface area contributed by atoms with Gasteiger partial charge < -0.3 is 15.8 Å². The summed E-state index contributed by atoms with van der Waals surface area (Å²) in [6.07, 6.45) is 7.34. The third-order valence-corrected chi connectivity index (χ3v) is 5.23. The van der Waals surface area contributed by atoms with Crippen LogP contribution in [0.3, 0.4) is 0 Å². The zero-order chi connectivity index (χ0) is 20.1. The van der Waals surface area contributed by atoms with Gasteiger partial charge in [0.25, 0.3) is 11.7 Å². The molecule has 1 saturated carbocycles. The topological polar surface area (TPSA) is 124 Å². The number of nitrogens with two attached hydrogens (primary N) is 1. The molecule has 2 aromatic heterocycles. The predicted octanol–water partition coefficient (Wildman–Crippen LogP) is 1.64. The van der Waals surface area contributed by atoms with Crippen molar-refractivity contribution < 1.29 is 14.3 Å². The minimum absolute atomic E-state index is 0.159. The summed E-state index contributed by atoms with van der Waals surface area (Å²) < 4.78 is 6.72. The molecule has 0 atom stereocenters. The molecule has 0 aromatic carbocycles. The molecule has 1 amide bonds. The van der Waals surface area contributed by atoms with E-state index in [-0.39, 0.29) is 30.9 Å². The van der Waals surface area contributed by atoms with Crippen LogP contribution in [-0.4, -0.2) is 44.1 Å². The van der Waals surface area contributed by atoms with Crippen LogP contribution in [0.15, 0.2) is 0 Å². The van der Waals surface area contributed by atoms with E-state index >= 15 is 0 Å². The molecule has 1 fully saturated rings. The molecule has 2 heterocycles. The third-order valence-electron chi connectivity index (χ3n) is 5.23. The number of anilines is 1. The zero-order valence-corrected chi connectivity index (χ0v) is 16.5. The number of aromatic nitrogens is 4. The van der Waals surface area contributed by atoms with Crippen molar-refractivity contribution in [2.24, 2.45) is 0 Å². The van der Waals surface area contributed by atoms with E-state index in [4.69, 9.17) is 10.5 Å². The van der Waals surface area contributed by atoms with Gasteiger partial charge in [0.1, 0.15) is 0 Å². The fourth-order valence-electron chi connectivity index (χ4n) is 3.72. The molecule has 0 bridgehead atoms. The molecular weight excluding hydrogens is 360 g/mol. The van der Waals surface area contributed by atoms with Crippen LogP contribution in [-0.2, 0) is 20.7 Å². The first-order valence-electron chi connectivity index (χ1n) is 9.87. The quantitative estimate of drug-likeness (QED) is 0.569. The fourth-order valence-corrected chi connectivity index (χ4v) is 3.72. The second kappa shape index (κ2) is 8.99. The Kier molecular flexibility index (Phi) is 6.43. The number of nitrogens with one attached hydrogen (secondary N) is 1. The first-order valence-corrected chi connectivity index (χ1v) is 9.87. The van der Waals surface area contributed by atoms with E-state index in [0.717, 1.165) is 42.6 Å². The molecule has 28 heavy (non-hydrogen) atoms. The molecular formula is C19H28N6O3. The lowest BCUT2D eigenvalue weighted by molar-refractivity contribution is -0.148. The Morgan fingerprint density at radius 1 is 1.18 bits per heavy atom. The van der Waals surface area contributed by atoms with Crippen molar-refractivity contribution in [3.8, 4) is 0 Å². The summed E-state index contributed by atoms with van der Waals surface area (Å²) in [5, 5.41) is 7.09. The van der Waals surface area contributed by atoms with Crippen LogP contribution in [0, 0.1) is 13.8 Å². The second-order valence-corrected chi connectivity index (χ2v) is 7.36. The van der Waals surface area contributed by atoms with Crippen molar-refractivity contribution in [2.45, 2.75) is 71.3 Å². The Bertz CT molecular complexity index is 855. The molecule has 2 aromatic rings. The van der Waals surface area contributed by atoms with Gasteiger partial charge in [-0.05, 0) is 38.7 Å². The maximum atomic E-state index is 12.1.